The van der Waals surface area contributed by atoms with Gasteiger partial charge in [0.2, 0.25) is 0 Å². The van der Waals surface area contributed by atoms with Gasteiger partial charge in [0, 0.05) is 37.8 Å². The first-order valence-corrected chi connectivity index (χ1v) is 12.2. The number of benzene rings is 2. The first kappa shape index (κ1) is 25.2. The highest BCUT2D eigenvalue weighted by atomic mass is 35.5. The molecular formula is C25H25ClF3N5O3. The zero-order valence-electron chi connectivity index (χ0n) is 20.1. The number of halogens is 4. The quantitative estimate of drug-likeness (QED) is 0.547. The number of hydrogen-bond donors (Lipinski definition) is 3. The highest BCUT2D eigenvalue weighted by Crippen LogP contribution is 2.38. The Bertz CT molecular complexity index is 1290. The van der Waals surface area contributed by atoms with Crippen LogP contribution in [0.5, 0.6) is 5.75 Å². The van der Waals surface area contributed by atoms with E-state index in [2.05, 4.69) is 16.1 Å². The van der Waals surface area contributed by atoms with Gasteiger partial charge in [-0.1, -0.05) is 11.6 Å². The summed E-state index contributed by atoms with van der Waals surface area (Å²) >= 11 is 6.48. The number of fused-ring (bicyclic) bond motifs is 1. The van der Waals surface area contributed by atoms with Crippen LogP contribution in [0.3, 0.4) is 0 Å². The summed E-state index contributed by atoms with van der Waals surface area (Å²) in [6.07, 6.45) is 0.441. The number of amides is 3. The lowest BCUT2D eigenvalue weighted by molar-refractivity contribution is 0.0617. The molecule has 3 N–H and O–H groups in total. The summed E-state index contributed by atoms with van der Waals surface area (Å²) in [5, 5.41) is 6.94. The van der Waals surface area contributed by atoms with Crippen LogP contribution >= 0.6 is 11.6 Å². The summed E-state index contributed by atoms with van der Waals surface area (Å²) in [5.41, 5.74) is 5.22. The summed E-state index contributed by atoms with van der Waals surface area (Å²) < 4.78 is 47.9. The van der Waals surface area contributed by atoms with Crippen molar-refractivity contribution in [3.63, 3.8) is 0 Å². The lowest BCUT2D eigenvalue weighted by Crippen LogP contribution is -2.55. The van der Waals surface area contributed by atoms with Crippen LogP contribution in [0.4, 0.5) is 18.0 Å². The third-order valence-corrected chi connectivity index (χ3v) is 7.25. The maximum atomic E-state index is 14.5. The van der Waals surface area contributed by atoms with Crippen LogP contribution in [-0.4, -0.2) is 66.7 Å². The van der Waals surface area contributed by atoms with Gasteiger partial charge in [-0.15, -0.1) is 0 Å². The van der Waals surface area contributed by atoms with Gasteiger partial charge in [0.15, 0.2) is 0 Å². The molecule has 3 aliphatic heterocycles. The van der Waals surface area contributed by atoms with E-state index in [1.54, 1.807) is 17.0 Å². The summed E-state index contributed by atoms with van der Waals surface area (Å²) in [6.45, 7) is 2.54. The fraction of sp³-hybridized carbons (Fsp3) is 0.360. The Hall–Kier alpha value is -3.44. The number of ether oxygens (including phenoxy) is 1. The van der Waals surface area contributed by atoms with E-state index in [9.17, 15) is 22.8 Å². The molecule has 0 aromatic heterocycles. The number of urea groups is 1. The molecule has 3 atom stereocenters. The minimum Gasteiger partial charge on any atom is -0.490 e. The second-order valence-electron chi connectivity index (χ2n) is 9.31. The Morgan fingerprint density at radius 3 is 2.51 bits per heavy atom. The number of hydrazine groups is 1. The predicted molar refractivity (Wildman–Crippen MR) is 130 cm³/mol. The van der Waals surface area contributed by atoms with Crippen LogP contribution in [0, 0.1) is 17.5 Å². The molecule has 5 rings (SSSR count). The SMILES string of the molecule is C[C@@H]1C2NN(C)C(c3cc(F)cc(F)c3)=C2CCN1C(=O)c1cc(F)cc(OC[C@@H]2CNC(=O)N2)c1Cl. The maximum absolute atomic E-state index is 14.5. The monoisotopic (exact) mass is 535 g/mol. The van der Waals surface area contributed by atoms with E-state index in [1.807, 2.05) is 6.92 Å². The van der Waals surface area contributed by atoms with Gasteiger partial charge in [0.05, 0.1) is 34.4 Å². The van der Waals surface area contributed by atoms with Crippen LogP contribution in [0.25, 0.3) is 5.70 Å². The van der Waals surface area contributed by atoms with E-state index < -0.39 is 23.4 Å². The Morgan fingerprint density at radius 1 is 1.14 bits per heavy atom. The lowest BCUT2D eigenvalue weighted by atomic mass is 9.89. The molecule has 3 amide bonds. The molecule has 12 heteroatoms. The predicted octanol–water partition coefficient (Wildman–Crippen LogP) is 3.28. The smallest absolute Gasteiger partial charge is 0.315 e. The topological polar surface area (TPSA) is 85.9 Å². The van der Waals surface area contributed by atoms with Gasteiger partial charge in [-0.2, -0.15) is 0 Å². The zero-order valence-corrected chi connectivity index (χ0v) is 20.8. The van der Waals surface area contributed by atoms with Gasteiger partial charge in [-0.05, 0) is 37.1 Å². The number of rotatable bonds is 5. The van der Waals surface area contributed by atoms with Crippen LogP contribution in [-0.2, 0) is 0 Å². The Kier molecular flexibility index (Phi) is 6.67. The maximum Gasteiger partial charge on any atom is 0.315 e. The molecule has 196 valence electrons. The molecule has 0 spiro atoms. The molecule has 37 heavy (non-hydrogen) atoms. The molecule has 2 fully saturated rings. The van der Waals surface area contributed by atoms with Gasteiger partial charge in [-0.25, -0.2) is 23.4 Å². The highest BCUT2D eigenvalue weighted by molar-refractivity contribution is 6.35. The van der Waals surface area contributed by atoms with Crippen molar-refractivity contribution < 1.29 is 27.5 Å². The zero-order chi connectivity index (χ0) is 26.4. The molecule has 2 aromatic carbocycles. The Labute approximate surface area is 216 Å². The fourth-order valence-corrected chi connectivity index (χ4v) is 5.39. The van der Waals surface area contributed by atoms with E-state index in [0.29, 0.717) is 30.8 Å². The van der Waals surface area contributed by atoms with Crippen molar-refractivity contribution in [3.05, 3.63) is 69.5 Å². The second-order valence-corrected chi connectivity index (χ2v) is 9.69. The number of hydrogen-bond acceptors (Lipinski definition) is 5. The third kappa shape index (κ3) is 4.80. The van der Waals surface area contributed by atoms with Crippen molar-refractivity contribution in [3.8, 4) is 5.75 Å². The summed E-state index contributed by atoms with van der Waals surface area (Å²) in [6, 6.07) is 4.21. The summed E-state index contributed by atoms with van der Waals surface area (Å²) in [7, 11) is 1.75. The molecule has 0 saturated carbocycles. The van der Waals surface area contributed by atoms with E-state index in [1.165, 1.54) is 12.1 Å². The summed E-state index contributed by atoms with van der Waals surface area (Å²) in [5.74, 6) is -2.50. The van der Waals surface area contributed by atoms with Gasteiger partial charge < -0.3 is 25.3 Å². The highest BCUT2D eigenvalue weighted by Gasteiger charge is 2.41. The number of nitrogens with zero attached hydrogens (tertiary/aromatic N) is 2. The fourth-order valence-electron chi connectivity index (χ4n) is 5.14. The third-order valence-electron chi connectivity index (χ3n) is 6.86. The van der Waals surface area contributed by atoms with Crippen LogP contribution in [0.15, 0.2) is 35.9 Å². The standard InChI is InChI=1S/C25H25ClF3N5O3/c1-12-22-18(23(33(2)32-22)13-5-14(27)7-15(28)6-13)3-4-34(12)24(35)19-8-16(29)9-20(21(19)26)37-11-17-10-30-25(36)31-17/h5-9,12,17,22,32H,3-4,10-11H2,1-2H3,(H2,30,31,36)/t12-,17+,22?/m1/s1. The number of carbonyl (C=O) groups excluding carboxylic acids is 2. The van der Waals surface area contributed by atoms with Crippen LogP contribution in [0.1, 0.15) is 29.3 Å². The number of likely N-dealkylation sites (tertiary alicyclic amines) is 1. The molecular weight excluding hydrogens is 511 g/mol. The molecule has 0 aliphatic carbocycles. The van der Waals surface area contributed by atoms with Gasteiger partial charge >= 0.3 is 6.03 Å². The Morgan fingerprint density at radius 2 is 1.84 bits per heavy atom. The van der Waals surface area contributed by atoms with Crippen LogP contribution < -0.4 is 20.8 Å². The molecule has 1 unspecified atom stereocenters. The number of carbonyl (C=O) groups is 2. The number of nitrogens with one attached hydrogen (secondary N) is 3. The summed E-state index contributed by atoms with van der Waals surface area (Å²) in [4.78, 5) is 26.4. The van der Waals surface area contributed by atoms with Crippen molar-refractivity contribution in [1.82, 2.24) is 26.0 Å². The van der Waals surface area contributed by atoms with Gasteiger partial charge in [-0.3, -0.25) is 4.79 Å². The minimum absolute atomic E-state index is 0.00514. The Balaban J connectivity index is 1.38. The van der Waals surface area contributed by atoms with Crippen LogP contribution in [0.2, 0.25) is 5.02 Å². The molecule has 0 bridgehead atoms. The molecule has 2 saturated heterocycles. The van der Waals surface area contributed by atoms with E-state index in [-0.39, 0.29) is 47.1 Å². The molecule has 3 aliphatic rings. The second kappa shape index (κ2) is 9.79. The van der Waals surface area contributed by atoms with Crippen molar-refractivity contribution >= 4 is 29.2 Å². The molecule has 8 nitrogen and oxygen atoms in total. The average molecular weight is 536 g/mol. The normalized spacial score (nSPS) is 23.2. The minimum atomic E-state index is -0.685. The molecule has 3 heterocycles. The lowest BCUT2D eigenvalue weighted by Gasteiger charge is -2.39. The molecule has 0 radical (unpaired) electrons. The first-order valence-electron chi connectivity index (χ1n) is 11.8. The van der Waals surface area contributed by atoms with Gasteiger partial charge in [0.1, 0.15) is 29.8 Å². The average Bonchev–Trinajstić information content (AvgIpc) is 3.41. The number of piperidine rings is 1. The van der Waals surface area contributed by atoms with Crippen molar-refractivity contribution in [1.29, 1.82) is 0 Å². The molecule has 2 aromatic rings. The van der Waals surface area contributed by atoms with E-state index in [0.717, 1.165) is 23.8 Å². The van der Waals surface area contributed by atoms with E-state index >= 15 is 0 Å². The van der Waals surface area contributed by atoms with Crippen molar-refractivity contribution in [2.75, 3.05) is 26.7 Å². The van der Waals surface area contributed by atoms with E-state index in [4.69, 9.17) is 16.3 Å². The van der Waals surface area contributed by atoms with Gasteiger partial charge in [0.25, 0.3) is 5.91 Å². The van der Waals surface area contributed by atoms with Crippen molar-refractivity contribution in [2.24, 2.45) is 0 Å². The largest absolute Gasteiger partial charge is 0.490 e. The first-order chi connectivity index (χ1) is 17.6. The van der Waals surface area contributed by atoms with Crippen molar-refractivity contribution in [2.45, 2.75) is 31.5 Å².